The normalized spacial score (nSPS) is 22.7. The van der Waals surface area contributed by atoms with Gasteiger partial charge >= 0.3 is 0 Å². The van der Waals surface area contributed by atoms with Gasteiger partial charge in [-0.05, 0) is 46.6 Å². The summed E-state index contributed by atoms with van der Waals surface area (Å²) in [7, 11) is 0. The molecule has 2 aromatic rings. The zero-order valence-electron chi connectivity index (χ0n) is 12.0. The molecule has 1 N–H and O–H groups in total. The molecule has 1 aliphatic rings. The summed E-state index contributed by atoms with van der Waals surface area (Å²) in [5.74, 6) is 0. The maximum atomic E-state index is 4.54. The molecule has 5 nitrogen and oxygen atoms in total. The van der Waals surface area contributed by atoms with Crippen LogP contribution >= 0.6 is 0 Å². The molecule has 102 valence electrons. The molecule has 3 rings (SSSR count). The van der Waals surface area contributed by atoms with Crippen molar-refractivity contribution in [3.63, 3.8) is 0 Å². The van der Waals surface area contributed by atoms with Crippen LogP contribution in [-0.2, 0) is 0 Å². The van der Waals surface area contributed by atoms with Crippen LogP contribution in [0.2, 0.25) is 0 Å². The minimum atomic E-state index is 0.104. The molecular weight excluding hydrogens is 238 g/mol. The molecule has 0 spiro atoms. The van der Waals surface area contributed by atoms with Gasteiger partial charge in [0.05, 0.1) is 18.4 Å². The van der Waals surface area contributed by atoms with Crippen molar-refractivity contribution in [1.29, 1.82) is 0 Å². The lowest BCUT2D eigenvalue weighted by Gasteiger charge is -2.46. The van der Waals surface area contributed by atoms with Gasteiger partial charge in [0.15, 0.2) is 5.65 Å². The molecule has 1 aliphatic heterocycles. The highest BCUT2D eigenvalue weighted by Crippen LogP contribution is 2.36. The molecule has 0 atom stereocenters. The summed E-state index contributed by atoms with van der Waals surface area (Å²) in [5.41, 5.74) is 1.10. The molecule has 0 aliphatic carbocycles. The van der Waals surface area contributed by atoms with E-state index in [4.69, 9.17) is 0 Å². The van der Waals surface area contributed by atoms with Gasteiger partial charge in [0.2, 0.25) is 0 Å². The Kier molecular flexibility index (Phi) is 2.64. The number of nitrogens with zero attached hydrogens (tertiary/aromatic N) is 4. The van der Waals surface area contributed by atoms with E-state index in [1.54, 1.807) is 6.20 Å². The predicted molar refractivity (Wildman–Crippen MR) is 74.9 cm³/mol. The molecule has 5 heteroatoms. The number of hydrogen-bond acceptors (Lipinski definition) is 4. The van der Waals surface area contributed by atoms with Gasteiger partial charge in [0.1, 0.15) is 0 Å². The van der Waals surface area contributed by atoms with Gasteiger partial charge < -0.3 is 5.32 Å². The van der Waals surface area contributed by atoms with E-state index in [1.165, 1.54) is 0 Å². The number of aromatic nitrogens is 4. The quantitative estimate of drug-likeness (QED) is 0.854. The second-order valence-corrected chi connectivity index (χ2v) is 6.85. The van der Waals surface area contributed by atoms with Crippen molar-refractivity contribution in [1.82, 2.24) is 25.3 Å². The molecule has 3 heterocycles. The largest absolute Gasteiger partial charge is 0.307 e. The van der Waals surface area contributed by atoms with E-state index >= 15 is 0 Å². The lowest BCUT2D eigenvalue weighted by atomic mass is 9.80. The Bertz CT molecular complexity index is 583. The number of fused-ring (bicyclic) bond motifs is 1. The van der Waals surface area contributed by atoms with Crippen molar-refractivity contribution in [2.75, 3.05) is 0 Å². The average Bonchev–Trinajstić information content (AvgIpc) is 2.68. The van der Waals surface area contributed by atoms with Gasteiger partial charge in [-0.3, -0.25) is 0 Å². The molecule has 2 aromatic heterocycles. The highest BCUT2D eigenvalue weighted by molar-refractivity contribution is 5.73. The van der Waals surface area contributed by atoms with E-state index in [0.29, 0.717) is 6.04 Å². The van der Waals surface area contributed by atoms with Gasteiger partial charge in [-0.15, -0.1) is 5.10 Å². The van der Waals surface area contributed by atoms with Crippen LogP contribution in [0.1, 0.15) is 46.6 Å². The van der Waals surface area contributed by atoms with Crippen LogP contribution in [0, 0.1) is 0 Å². The second kappa shape index (κ2) is 4.00. The molecule has 0 amide bonds. The first-order valence-corrected chi connectivity index (χ1v) is 6.81. The molecule has 0 unspecified atom stereocenters. The van der Waals surface area contributed by atoms with Crippen molar-refractivity contribution < 1.29 is 0 Å². The SMILES string of the molecule is CC1(C)CC(n2ncc3ccnnc32)CC(C)(C)N1. The third-order valence-corrected chi connectivity index (χ3v) is 3.78. The molecule has 19 heavy (non-hydrogen) atoms. The summed E-state index contributed by atoms with van der Waals surface area (Å²) >= 11 is 0. The monoisotopic (exact) mass is 259 g/mol. The second-order valence-electron chi connectivity index (χ2n) is 6.85. The summed E-state index contributed by atoms with van der Waals surface area (Å²) in [6, 6.07) is 2.32. The van der Waals surface area contributed by atoms with E-state index < -0.39 is 0 Å². The number of piperidine rings is 1. The molecular formula is C14H21N5. The lowest BCUT2D eigenvalue weighted by molar-refractivity contribution is 0.128. The van der Waals surface area contributed by atoms with Crippen LogP contribution in [0.3, 0.4) is 0 Å². The van der Waals surface area contributed by atoms with Crippen molar-refractivity contribution in [3.8, 4) is 0 Å². The number of hydrogen-bond donors (Lipinski definition) is 1. The number of rotatable bonds is 1. The Balaban J connectivity index is 2.01. The van der Waals surface area contributed by atoms with E-state index in [9.17, 15) is 0 Å². The summed E-state index contributed by atoms with van der Waals surface area (Å²) in [6.45, 7) is 8.99. The zero-order chi connectivity index (χ0) is 13.7. The van der Waals surface area contributed by atoms with Gasteiger partial charge in [-0.1, -0.05) is 0 Å². The van der Waals surface area contributed by atoms with E-state index in [1.807, 2.05) is 16.9 Å². The summed E-state index contributed by atoms with van der Waals surface area (Å²) < 4.78 is 2.05. The molecule has 0 bridgehead atoms. The summed E-state index contributed by atoms with van der Waals surface area (Å²) in [5, 5.41) is 17.5. The molecule has 1 fully saturated rings. The first-order valence-electron chi connectivity index (χ1n) is 6.81. The van der Waals surface area contributed by atoms with Crippen LogP contribution in [0.5, 0.6) is 0 Å². The van der Waals surface area contributed by atoms with Crippen LogP contribution < -0.4 is 5.32 Å². The highest BCUT2D eigenvalue weighted by atomic mass is 15.3. The third kappa shape index (κ3) is 2.34. The Morgan fingerprint density at radius 3 is 2.58 bits per heavy atom. The van der Waals surface area contributed by atoms with Gasteiger partial charge in [-0.2, -0.15) is 10.2 Å². The van der Waals surface area contributed by atoms with Crippen LogP contribution in [0.25, 0.3) is 11.0 Å². The van der Waals surface area contributed by atoms with Crippen LogP contribution in [0.15, 0.2) is 18.5 Å². The zero-order valence-corrected chi connectivity index (χ0v) is 12.0. The van der Waals surface area contributed by atoms with Crippen molar-refractivity contribution in [2.24, 2.45) is 0 Å². The molecule has 0 radical (unpaired) electrons. The average molecular weight is 259 g/mol. The summed E-state index contributed by atoms with van der Waals surface area (Å²) in [6.07, 6.45) is 5.68. The minimum absolute atomic E-state index is 0.104. The minimum Gasteiger partial charge on any atom is -0.307 e. The topological polar surface area (TPSA) is 55.6 Å². The molecule has 0 aromatic carbocycles. The van der Waals surface area contributed by atoms with Gasteiger partial charge in [0.25, 0.3) is 0 Å². The van der Waals surface area contributed by atoms with Crippen molar-refractivity contribution in [3.05, 3.63) is 18.5 Å². The number of nitrogens with one attached hydrogen (secondary N) is 1. The fourth-order valence-electron chi connectivity index (χ4n) is 3.50. The van der Waals surface area contributed by atoms with E-state index in [2.05, 4.69) is 48.3 Å². The van der Waals surface area contributed by atoms with Crippen LogP contribution in [0.4, 0.5) is 0 Å². The fraction of sp³-hybridized carbons (Fsp3) is 0.643. The standard InChI is InChI=1S/C14H21N5/c1-13(2)7-11(8-14(3,4)18-13)19-12-10(9-16-19)5-6-15-17-12/h5-6,9,11,18H,7-8H2,1-4H3. The van der Waals surface area contributed by atoms with Gasteiger partial charge in [0, 0.05) is 16.5 Å². The van der Waals surface area contributed by atoms with Gasteiger partial charge in [-0.25, -0.2) is 4.68 Å². The molecule has 0 saturated carbocycles. The smallest absolute Gasteiger partial charge is 0.180 e. The maximum Gasteiger partial charge on any atom is 0.180 e. The first kappa shape index (κ1) is 12.5. The maximum absolute atomic E-state index is 4.54. The predicted octanol–water partition coefficient (Wildman–Crippen LogP) is 2.31. The van der Waals surface area contributed by atoms with E-state index in [0.717, 1.165) is 23.9 Å². The van der Waals surface area contributed by atoms with Crippen molar-refractivity contribution >= 4 is 11.0 Å². The Labute approximate surface area is 113 Å². The Morgan fingerprint density at radius 2 is 1.89 bits per heavy atom. The lowest BCUT2D eigenvalue weighted by Crippen LogP contribution is -2.58. The Hall–Kier alpha value is -1.49. The van der Waals surface area contributed by atoms with E-state index in [-0.39, 0.29) is 11.1 Å². The van der Waals surface area contributed by atoms with Crippen molar-refractivity contribution in [2.45, 2.75) is 57.7 Å². The summed E-state index contributed by atoms with van der Waals surface area (Å²) in [4.78, 5) is 0. The first-order chi connectivity index (χ1) is 8.86. The Morgan fingerprint density at radius 1 is 1.21 bits per heavy atom. The highest BCUT2D eigenvalue weighted by Gasteiger charge is 2.39. The third-order valence-electron chi connectivity index (χ3n) is 3.78. The van der Waals surface area contributed by atoms with Crippen LogP contribution in [-0.4, -0.2) is 31.1 Å². The molecule has 1 saturated heterocycles. The fourth-order valence-corrected chi connectivity index (χ4v) is 3.50.